The van der Waals surface area contributed by atoms with Crippen LogP contribution in [0.3, 0.4) is 0 Å². The maximum atomic E-state index is 12.4. The highest BCUT2D eigenvalue weighted by molar-refractivity contribution is 7.21. The zero-order valence-electron chi connectivity index (χ0n) is 14.5. The molecule has 0 saturated carbocycles. The average Bonchev–Trinajstić information content (AvgIpc) is 3.12. The van der Waals surface area contributed by atoms with Crippen molar-refractivity contribution in [2.45, 2.75) is 0 Å². The molecule has 0 fully saturated rings. The summed E-state index contributed by atoms with van der Waals surface area (Å²) >= 11 is 13.6. The van der Waals surface area contributed by atoms with Gasteiger partial charge in [0.25, 0.3) is 0 Å². The van der Waals surface area contributed by atoms with Crippen molar-refractivity contribution in [3.8, 4) is 10.6 Å². The number of carbonyl (C=O) groups excluding carboxylic acids is 1. The molecule has 0 spiro atoms. The third-order valence-corrected chi connectivity index (χ3v) is 5.72. The van der Waals surface area contributed by atoms with E-state index in [-0.39, 0.29) is 5.91 Å². The van der Waals surface area contributed by atoms with E-state index in [1.165, 1.54) is 6.08 Å². The maximum absolute atomic E-state index is 12.4. The van der Waals surface area contributed by atoms with E-state index in [1.54, 1.807) is 35.6 Å². The average molecular weight is 425 g/mol. The SMILES string of the molecule is O=C(/C=C/c1ccc(Cl)cc1Cl)Nc1ccccc1-c1nc2ccccc2s1. The van der Waals surface area contributed by atoms with E-state index in [2.05, 4.69) is 10.3 Å². The molecule has 0 saturated heterocycles. The Kier molecular flexibility index (Phi) is 5.44. The molecule has 1 heterocycles. The lowest BCUT2D eigenvalue weighted by molar-refractivity contribution is -0.111. The van der Waals surface area contributed by atoms with Gasteiger partial charge in [-0.3, -0.25) is 4.79 Å². The molecule has 0 atom stereocenters. The van der Waals surface area contributed by atoms with Gasteiger partial charge in [0.2, 0.25) is 5.91 Å². The van der Waals surface area contributed by atoms with Crippen LogP contribution in [0.25, 0.3) is 26.9 Å². The largest absolute Gasteiger partial charge is 0.322 e. The third kappa shape index (κ3) is 4.09. The molecular weight excluding hydrogens is 411 g/mol. The topological polar surface area (TPSA) is 42.0 Å². The third-order valence-electron chi connectivity index (χ3n) is 4.09. The van der Waals surface area contributed by atoms with Gasteiger partial charge in [0.05, 0.1) is 15.9 Å². The molecule has 0 aliphatic heterocycles. The number of hydrogen-bond acceptors (Lipinski definition) is 3. The molecule has 6 heteroatoms. The number of nitrogens with zero attached hydrogens (tertiary/aromatic N) is 1. The number of halogens is 2. The van der Waals surface area contributed by atoms with Gasteiger partial charge >= 0.3 is 0 Å². The Morgan fingerprint density at radius 2 is 1.79 bits per heavy atom. The summed E-state index contributed by atoms with van der Waals surface area (Å²) in [4.78, 5) is 17.1. The molecule has 1 aromatic heterocycles. The van der Waals surface area contributed by atoms with Crippen molar-refractivity contribution in [1.82, 2.24) is 4.98 Å². The minimum atomic E-state index is -0.250. The molecule has 4 aromatic rings. The van der Waals surface area contributed by atoms with Crippen molar-refractivity contribution in [2.75, 3.05) is 5.32 Å². The molecule has 1 amide bonds. The van der Waals surface area contributed by atoms with Crippen LogP contribution in [-0.2, 0) is 4.79 Å². The van der Waals surface area contributed by atoms with Gasteiger partial charge in [-0.2, -0.15) is 0 Å². The van der Waals surface area contributed by atoms with Crippen molar-refractivity contribution in [3.63, 3.8) is 0 Å². The molecule has 3 aromatic carbocycles. The van der Waals surface area contributed by atoms with E-state index in [9.17, 15) is 4.79 Å². The predicted molar refractivity (Wildman–Crippen MR) is 119 cm³/mol. The monoisotopic (exact) mass is 424 g/mol. The summed E-state index contributed by atoms with van der Waals surface area (Å²) in [7, 11) is 0. The summed E-state index contributed by atoms with van der Waals surface area (Å²) in [6.07, 6.45) is 3.11. The van der Waals surface area contributed by atoms with Gasteiger partial charge in [-0.1, -0.05) is 53.5 Å². The second-order valence-electron chi connectivity index (χ2n) is 6.02. The number of carbonyl (C=O) groups is 1. The molecule has 4 rings (SSSR count). The summed E-state index contributed by atoms with van der Waals surface area (Å²) in [6.45, 7) is 0. The molecule has 1 N–H and O–H groups in total. The number of nitrogens with one attached hydrogen (secondary N) is 1. The highest BCUT2D eigenvalue weighted by atomic mass is 35.5. The van der Waals surface area contributed by atoms with Crippen molar-refractivity contribution in [1.29, 1.82) is 0 Å². The van der Waals surface area contributed by atoms with Crippen LogP contribution < -0.4 is 5.32 Å². The molecule has 0 radical (unpaired) electrons. The van der Waals surface area contributed by atoms with Crippen molar-refractivity contribution < 1.29 is 4.79 Å². The van der Waals surface area contributed by atoms with E-state index in [1.807, 2.05) is 48.5 Å². The Labute approximate surface area is 176 Å². The molecule has 0 bridgehead atoms. The van der Waals surface area contributed by atoms with E-state index in [4.69, 9.17) is 23.2 Å². The van der Waals surface area contributed by atoms with Crippen LogP contribution in [0.2, 0.25) is 10.0 Å². The molecule has 138 valence electrons. The Morgan fingerprint density at radius 3 is 2.61 bits per heavy atom. The maximum Gasteiger partial charge on any atom is 0.248 e. The summed E-state index contributed by atoms with van der Waals surface area (Å²) < 4.78 is 1.11. The van der Waals surface area contributed by atoms with E-state index >= 15 is 0 Å². The van der Waals surface area contributed by atoms with Crippen LogP contribution >= 0.6 is 34.5 Å². The van der Waals surface area contributed by atoms with Gasteiger partial charge in [0.15, 0.2) is 0 Å². The number of para-hydroxylation sites is 2. The highest BCUT2D eigenvalue weighted by Crippen LogP contribution is 2.34. The number of anilines is 1. The molecule has 0 aliphatic rings. The first kappa shape index (κ1) is 18.7. The lowest BCUT2D eigenvalue weighted by Crippen LogP contribution is -2.08. The van der Waals surface area contributed by atoms with Crippen LogP contribution in [0.1, 0.15) is 5.56 Å². The lowest BCUT2D eigenvalue weighted by Gasteiger charge is -2.07. The van der Waals surface area contributed by atoms with Gasteiger partial charge in [-0.15, -0.1) is 11.3 Å². The van der Waals surface area contributed by atoms with Crippen molar-refractivity contribution in [2.24, 2.45) is 0 Å². The predicted octanol–water partition coefficient (Wildman–Crippen LogP) is 6.92. The number of aromatic nitrogens is 1. The number of benzene rings is 3. The van der Waals surface area contributed by atoms with Gasteiger partial charge in [-0.25, -0.2) is 4.98 Å². The van der Waals surface area contributed by atoms with Crippen LogP contribution in [0.4, 0.5) is 5.69 Å². The molecule has 0 unspecified atom stereocenters. The van der Waals surface area contributed by atoms with Crippen LogP contribution in [0.15, 0.2) is 72.8 Å². The van der Waals surface area contributed by atoms with Gasteiger partial charge in [-0.05, 0) is 48.0 Å². The Bertz CT molecular complexity index is 1170. The minimum Gasteiger partial charge on any atom is -0.322 e. The van der Waals surface area contributed by atoms with Crippen LogP contribution in [-0.4, -0.2) is 10.9 Å². The molecule has 0 aliphatic carbocycles. The second kappa shape index (κ2) is 8.15. The molecule has 28 heavy (non-hydrogen) atoms. The first-order valence-electron chi connectivity index (χ1n) is 8.49. The Hall–Kier alpha value is -2.66. The molecule has 3 nitrogen and oxygen atoms in total. The number of fused-ring (bicyclic) bond motifs is 1. The fourth-order valence-electron chi connectivity index (χ4n) is 2.74. The van der Waals surface area contributed by atoms with Gasteiger partial charge < -0.3 is 5.32 Å². The first-order chi connectivity index (χ1) is 13.6. The lowest BCUT2D eigenvalue weighted by atomic mass is 10.1. The van der Waals surface area contributed by atoms with Gasteiger partial charge in [0.1, 0.15) is 5.01 Å². The van der Waals surface area contributed by atoms with Crippen molar-refractivity contribution >= 4 is 62.4 Å². The smallest absolute Gasteiger partial charge is 0.248 e. The normalized spacial score (nSPS) is 11.2. The fraction of sp³-hybridized carbons (Fsp3) is 0. The van der Waals surface area contributed by atoms with E-state index < -0.39 is 0 Å². The number of rotatable bonds is 4. The van der Waals surface area contributed by atoms with E-state index in [0.29, 0.717) is 15.7 Å². The van der Waals surface area contributed by atoms with Crippen LogP contribution in [0, 0.1) is 0 Å². The Balaban J connectivity index is 1.58. The Morgan fingerprint density at radius 1 is 1.00 bits per heavy atom. The number of amides is 1. The quantitative estimate of drug-likeness (QED) is 0.361. The molecular formula is C22H14Cl2N2OS. The fourth-order valence-corrected chi connectivity index (χ4v) is 4.22. The van der Waals surface area contributed by atoms with Gasteiger partial charge in [0, 0.05) is 21.7 Å². The number of thiazole rings is 1. The van der Waals surface area contributed by atoms with Crippen molar-refractivity contribution in [3.05, 3.63) is 88.4 Å². The van der Waals surface area contributed by atoms with Crippen LogP contribution in [0.5, 0.6) is 0 Å². The summed E-state index contributed by atoms with van der Waals surface area (Å²) in [5, 5.41) is 4.83. The number of hydrogen-bond donors (Lipinski definition) is 1. The highest BCUT2D eigenvalue weighted by Gasteiger charge is 2.11. The summed E-state index contributed by atoms with van der Waals surface area (Å²) in [5.41, 5.74) is 3.26. The second-order valence-corrected chi connectivity index (χ2v) is 7.90. The zero-order valence-corrected chi connectivity index (χ0v) is 16.9. The standard InChI is InChI=1S/C22H14Cl2N2OS/c23-15-11-9-14(17(24)13-15)10-12-21(27)25-18-6-2-1-5-16(18)22-26-19-7-3-4-8-20(19)28-22/h1-13H,(H,25,27)/b12-10+. The zero-order chi connectivity index (χ0) is 19.5. The summed E-state index contributed by atoms with van der Waals surface area (Å²) in [5.74, 6) is -0.250. The van der Waals surface area contributed by atoms with E-state index in [0.717, 1.165) is 26.4 Å². The summed E-state index contributed by atoms with van der Waals surface area (Å²) in [6, 6.07) is 20.7. The first-order valence-corrected chi connectivity index (χ1v) is 10.1. The minimum absolute atomic E-state index is 0.250.